The van der Waals surface area contributed by atoms with Crippen LogP contribution in [0.5, 0.6) is 0 Å². The Morgan fingerprint density at radius 1 is 0.760 bits per heavy atom. The third-order valence-electron chi connectivity index (χ3n) is 9.84. The van der Waals surface area contributed by atoms with Gasteiger partial charge in [-0.25, -0.2) is 4.79 Å². The zero-order valence-corrected chi connectivity index (χ0v) is 30.2. The summed E-state index contributed by atoms with van der Waals surface area (Å²) in [5.41, 5.74) is -8.01. The molecule has 14 heteroatoms. The molecule has 50 heavy (non-hydrogen) atoms. The van der Waals surface area contributed by atoms with E-state index in [0.717, 1.165) is 20.8 Å². The number of ether oxygens (including phenoxy) is 7. The molecular weight excluding hydrogens is 656 g/mol. The fraction of sp³-hybridized carbons (Fsp3) is 0.667. The minimum Gasteiger partial charge on any atom is -0.464 e. The van der Waals surface area contributed by atoms with E-state index in [-0.39, 0.29) is 5.56 Å². The predicted octanol–water partition coefficient (Wildman–Crippen LogP) is 3.09. The molecule has 4 unspecified atom stereocenters. The van der Waals surface area contributed by atoms with Gasteiger partial charge in [0.25, 0.3) is 0 Å². The number of hydrogen-bond donors (Lipinski definition) is 1. The highest BCUT2D eigenvalue weighted by molar-refractivity contribution is 5.89. The molecule has 9 atom stereocenters. The van der Waals surface area contributed by atoms with Crippen molar-refractivity contribution >= 4 is 35.8 Å². The maximum Gasteiger partial charge on any atom is 0.338 e. The fourth-order valence-corrected chi connectivity index (χ4v) is 8.03. The van der Waals surface area contributed by atoms with Crippen LogP contribution < -0.4 is 0 Å². The molecule has 1 saturated heterocycles. The summed E-state index contributed by atoms with van der Waals surface area (Å²) < 4.78 is 43.1. The van der Waals surface area contributed by atoms with Crippen molar-refractivity contribution in [2.75, 3.05) is 6.61 Å². The van der Waals surface area contributed by atoms with Crippen molar-refractivity contribution in [1.29, 1.82) is 0 Å². The van der Waals surface area contributed by atoms with Gasteiger partial charge in [-0.3, -0.25) is 24.0 Å². The Bertz CT molecular complexity index is 1500. The predicted molar refractivity (Wildman–Crippen MR) is 172 cm³/mol. The first kappa shape index (κ1) is 38.8. The Kier molecular flexibility index (Phi) is 10.8. The van der Waals surface area contributed by atoms with E-state index in [9.17, 15) is 33.9 Å². The molecule has 2 saturated carbocycles. The van der Waals surface area contributed by atoms with Crippen LogP contribution >= 0.6 is 0 Å². The third kappa shape index (κ3) is 6.59. The molecule has 0 radical (unpaired) electrons. The van der Waals surface area contributed by atoms with Crippen LogP contribution in [0.3, 0.4) is 0 Å². The van der Waals surface area contributed by atoms with Gasteiger partial charge in [0.2, 0.25) is 0 Å². The number of benzene rings is 1. The minimum atomic E-state index is -2.28. The molecule has 3 fully saturated rings. The normalized spacial score (nSPS) is 33.9. The van der Waals surface area contributed by atoms with E-state index in [4.69, 9.17) is 33.2 Å². The highest BCUT2D eigenvalue weighted by atomic mass is 16.7. The van der Waals surface area contributed by atoms with E-state index in [1.54, 1.807) is 59.7 Å². The molecule has 3 aliphatic rings. The number of esters is 6. The van der Waals surface area contributed by atoms with E-state index in [1.807, 2.05) is 0 Å². The maximum atomic E-state index is 14.1. The Hall–Kier alpha value is -4.04. The lowest BCUT2D eigenvalue weighted by Gasteiger charge is -2.66. The average Bonchev–Trinajstić information content (AvgIpc) is 3.20. The van der Waals surface area contributed by atoms with Crippen LogP contribution in [0.1, 0.15) is 86.0 Å². The van der Waals surface area contributed by atoms with E-state index < -0.39 is 119 Å². The lowest BCUT2D eigenvalue weighted by atomic mass is 9.45. The van der Waals surface area contributed by atoms with Crippen LogP contribution in [-0.4, -0.2) is 94.9 Å². The summed E-state index contributed by atoms with van der Waals surface area (Å²) in [4.78, 5) is 79.5. The van der Waals surface area contributed by atoms with Gasteiger partial charge in [0.1, 0.15) is 30.3 Å². The molecule has 2 bridgehead atoms. The van der Waals surface area contributed by atoms with Crippen molar-refractivity contribution < 1.29 is 67.0 Å². The Labute approximate surface area is 291 Å². The van der Waals surface area contributed by atoms with Gasteiger partial charge in [0.05, 0.1) is 34.5 Å². The zero-order chi connectivity index (χ0) is 37.6. The molecule has 1 spiro atoms. The van der Waals surface area contributed by atoms with Gasteiger partial charge in [0.15, 0.2) is 17.8 Å². The number of carbonyl (C=O) groups excluding carboxylic acids is 6. The first-order chi connectivity index (χ1) is 23.1. The van der Waals surface area contributed by atoms with Gasteiger partial charge >= 0.3 is 35.8 Å². The largest absolute Gasteiger partial charge is 0.464 e. The zero-order valence-electron chi connectivity index (χ0n) is 30.2. The maximum absolute atomic E-state index is 14.1. The van der Waals surface area contributed by atoms with Crippen LogP contribution in [0.4, 0.5) is 0 Å². The second-order valence-electron chi connectivity index (χ2n) is 14.7. The number of carbonyl (C=O) groups is 6. The van der Waals surface area contributed by atoms with Crippen LogP contribution in [-0.2, 0) is 57.1 Å². The third-order valence-corrected chi connectivity index (χ3v) is 9.84. The van der Waals surface area contributed by atoms with E-state index in [0.29, 0.717) is 0 Å². The van der Waals surface area contributed by atoms with Crippen molar-refractivity contribution in [3.8, 4) is 0 Å². The number of rotatable bonds is 10. The molecule has 4 rings (SSSR count). The molecule has 2 aliphatic carbocycles. The van der Waals surface area contributed by atoms with Crippen molar-refractivity contribution in [2.24, 2.45) is 23.2 Å². The van der Waals surface area contributed by atoms with Crippen LogP contribution in [0.25, 0.3) is 0 Å². The van der Waals surface area contributed by atoms with Gasteiger partial charge in [-0.1, -0.05) is 45.9 Å². The summed E-state index contributed by atoms with van der Waals surface area (Å²) in [7, 11) is 0. The quantitative estimate of drug-likeness (QED) is 0.276. The van der Waals surface area contributed by atoms with Gasteiger partial charge in [-0.15, -0.1) is 0 Å². The van der Waals surface area contributed by atoms with E-state index >= 15 is 0 Å². The number of fused-ring (bicyclic) bond motifs is 1. The summed E-state index contributed by atoms with van der Waals surface area (Å²) in [5, 5.41) is 12.7. The molecule has 14 nitrogen and oxygen atoms in total. The SMILES string of the molecule is CC(=O)OC1C2[C@@H](OC(=O)C(C)C)C(OC(=O)c3ccccc3)[C@]3(COC(=O)C(C)C)[C@@H](OC(C)=O)[C@@H](OC(C)=O)C[C@](C)(O)C13OC2(C)C. The molecule has 1 aliphatic heterocycles. The minimum absolute atomic E-state index is 0.0857. The smallest absolute Gasteiger partial charge is 0.338 e. The number of aliphatic hydroxyl groups is 1. The lowest BCUT2D eigenvalue weighted by molar-refractivity contribution is -0.363. The van der Waals surface area contributed by atoms with Gasteiger partial charge in [-0.2, -0.15) is 0 Å². The second-order valence-corrected chi connectivity index (χ2v) is 14.7. The van der Waals surface area contributed by atoms with Crippen molar-refractivity contribution in [1.82, 2.24) is 0 Å². The summed E-state index contributed by atoms with van der Waals surface area (Å²) in [6.07, 6.45) is -8.36. The molecule has 1 heterocycles. The van der Waals surface area contributed by atoms with E-state index in [1.165, 1.54) is 19.1 Å². The van der Waals surface area contributed by atoms with E-state index in [2.05, 4.69) is 0 Å². The van der Waals surface area contributed by atoms with Crippen molar-refractivity contribution in [3.05, 3.63) is 35.9 Å². The average molecular weight is 705 g/mol. The van der Waals surface area contributed by atoms with Crippen LogP contribution in [0, 0.1) is 23.2 Å². The molecule has 1 aromatic carbocycles. The van der Waals surface area contributed by atoms with Gasteiger partial charge in [0, 0.05) is 27.2 Å². The molecule has 1 aromatic rings. The molecule has 0 amide bonds. The molecule has 0 aromatic heterocycles. The number of hydrogen-bond acceptors (Lipinski definition) is 14. The van der Waals surface area contributed by atoms with Crippen molar-refractivity contribution in [2.45, 2.75) is 123 Å². The molecular formula is C36H48O14. The Balaban J connectivity index is 2.20. The summed E-state index contributed by atoms with van der Waals surface area (Å²) in [6, 6.07) is 7.87. The van der Waals surface area contributed by atoms with Gasteiger partial charge < -0.3 is 38.3 Å². The first-order valence-electron chi connectivity index (χ1n) is 16.7. The standard InChI is InChI=1S/C36H48O14/c1-18(2)30(40)44-17-35-27(46-21(6)38)24(45-20(5)37)16-34(10,43)36(35)28(47-22(7)39)25(33(8,9)50-36)26(48-31(41)19(3)4)29(35)49-32(42)23-14-12-11-13-15-23/h11-15,18-19,24-29,43H,16-17H2,1-10H3/t24-,25?,26+,27-,28?,29?,34-,35-,36?/m0/s1. The Morgan fingerprint density at radius 2 is 1.30 bits per heavy atom. The summed E-state index contributed by atoms with van der Waals surface area (Å²) in [5.74, 6) is -7.39. The summed E-state index contributed by atoms with van der Waals surface area (Å²) in [6.45, 7) is 13.5. The monoisotopic (exact) mass is 704 g/mol. The van der Waals surface area contributed by atoms with Crippen LogP contribution in [0.2, 0.25) is 0 Å². The fourth-order valence-electron chi connectivity index (χ4n) is 8.03. The Morgan fingerprint density at radius 3 is 1.82 bits per heavy atom. The molecule has 1 N–H and O–H groups in total. The molecule has 276 valence electrons. The topological polar surface area (TPSA) is 187 Å². The van der Waals surface area contributed by atoms with Gasteiger partial charge in [-0.05, 0) is 32.9 Å². The lowest BCUT2D eigenvalue weighted by Crippen LogP contribution is -2.85. The second kappa shape index (κ2) is 13.9. The van der Waals surface area contributed by atoms with Crippen molar-refractivity contribution in [3.63, 3.8) is 0 Å². The first-order valence-corrected chi connectivity index (χ1v) is 16.7. The van der Waals surface area contributed by atoms with Crippen LogP contribution in [0.15, 0.2) is 30.3 Å². The highest BCUT2D eigenvalue weighted by Crippen LogP contribution is 2.69. The summed E-state index contributed by atoms with van der Waals surface area (Å²) >= 11 is 0. The highest BCUT2D eigenvalue weighted by Gasteiger charge is 2.89.